The zero-order valence-corrected chi connectivity index (χ0v) is 13.8. The smallest absolute Gasteiger partial charge is 0.232 e. The van der Waals surface area contributed by atoms with Crippen molar-refractivity contribution >= 4 is 5.91 Å². The molecule has 0 saturated heterocycles. The Bertz CT molecular complexity index is 863. The molecule has 0 fully saturated rings. The molecule has 1 amide bonds. The van der Waals surface area contributed by atoms with Gasteiger partial charge >= 0.3 is 0 Å². The zero-order valence-electron chi connectivity index (χ0n) is 13.8. The molecule has 0 bridgehead atoms. The summed E-state index contributed by atoms with van der Waals surface area (Å²) in [6.45, 7) is 1.98. The fourth-order valence-corrected chi connectivity index (χ4v) is 3.22. The molecule has 1 N–H and O–H groups in total. The second-order valence-electron chi connectivity index (χ2n) is 6.12. The van der Waals surface area contributed by atoms with Crippen LogP contribution in [-0.4, -0.2) is 10.9 Å². The second kappa shape index (κ2) is 6.40. The van der Waals surface area contributed by atoms with Gasteiger partial charge in [-0.3, -0.25) is 9.78 Å². The van der Waals surface area contributed by atoms with Gasteiger partial charge in [0.05, 0.1) is 12.0 Å². The Balaban J connectivity index is 1.68. The van der Waals surface area contributed by atoms with Crippen LogP contribution in [0.1, 0.15) is 35.6 Å². The number of benzene rings is 2. The Hall–Kier alpha value is -3.14. The lowest BCUT2D eigenvalue weighted by molar-refractivity contribution is -0.122. The number of para-hydroxylation sites is 2. The predicted molar refractivity (Wildman–Crippen MR) is 95.6 cm³/mol. The van der Waals surface area contributed by atoms with E-state index in [-0.39, 0.29) is 17.9 Å². The van der Waals surface area contributed by atoms with E-state index in [0.717, 1.165) is 28.2 Å². The van der Waals surface area contributed by atoms with Gasteiger partial charge in [0, 0.05) is 23.5 Å². The van der Waals surface area contributed by atoms with Crippen LogP contribution in [0.5, 0.6) is 11.5 Å². The Morgan fingerprint density at radius 2 is 1.52 bits per heavy atom. The standard InChI is InChI=1S/C21H18N2O2/c1-14(15-10-12-22-13-11-15)23-21(24)20-16-6-2-4-8-18(16)25-19-9-5-3-7-17(19)20/h2-14,20H,1H3,(H,23,24)/t14-/m0/s1. The first-order valence-corrected chi connectivity index (χ1v) is 8.30. The molecule has 0 unspecified atom stereocenters. The summed E-state index contributed by atoms with van der Waals surface area (Å²) in [5.41, 5.74) is 2.80. The van der Waals surface area contributed by atoms with Crippen molar-refractivity contribution in [2.24, 2.45) is 0 Å². The maximum absolute atomic E-state index is 13.1. The highest BCUT2D eigenvalue weighted by Crippen LogP contribution is 2.44. The van der Waals surface area contributed by atoms with Crippen LogP contribution in [0.2, 0.25) is 0 Å². The van der Waals surface area contributed by atoms with Crippen LogP contribution in [-0.2, 0) is 4.79 Å². The molecule has 2 heterocycles. The number of nitrogens with zero attached hydrogens (tertiary/aromatic N) is 1. The number of hydrogen-bond donors (Lipinski definition) is 1. The maximum atomic E-state index is 13.1. The molecule has 4 nitrogen and oxygen atoms in total. The van der Waals surface area contributed by atoms with E-state index in [9.17, 15) is 4.79 Å². The lowest BCUT2D eigenvalue weighted by Gasteiger charge is -2.28. The first-order valence-electron chi connectivity index (χ1n) is 8.30. The highest BCUT2D eigenvalue weighted by Gasteiger charge is 2.32. The molecule has 2 aromatic carbocycles. The molecule has 1 aliphatic rings. The van der Waals surface area contributed by atoms with E-state index in [4.69, 9.17) is 4.74 Å². The highest BCUT2D eigenvalue weighted by atomic mass is 16.5. The summed E-state index contributed by atoms with van der Waals surface area (Å²) in [6, 6.07) is 19.1. The average molecular weight is 330 g/mol. The van der Waals surface area contributed by atoms with Gasteiger partial charge < -0.3 is 10.1 Å². The van der Waals surface area contributed by atoms with Crippen LogP contribution in [0.25, 0.3) is 0 Å². The number of amides is 1. The van der Waals surface area contributed by atoms with Gasteiger partial charge in [0.25, 0.3) is 0 Å². The van der Waals surface area contributed by atoms with Crippen LogP contribution < -0.4 is 10.1 Å². The molecule has 4 heteroatoms. The number of aromatic nitrogens is 1. The maximum Gasteiger partial charge on any atom is 0.232 e. The fraction of sp³-hybridized carbons (Fsp3) is 0.143. The van der Waals surface area contributed by atoms with Crippen LogP contribution in [0, 0.1) is 0 Å². The van der Waals surface area contributed by atoms with E-state index < -0.39 is 0 Å². The lowest BCUT2D eigenvalue weighted by atomic mass is 9.87. The molecule has 124 valence electrons. The third-order valence-electron chi connectivity index (χ3n) is 4.51. The highest BCUT2D eigenvalue weighted by molar-refractivity contribution is 5.89. The summed E-state index contributed by atoms with van der Waals surface area (Å²) < 4.78 is 5.96. The molecule has 1 aromatic heterocycles. The minimum atomic E-state index is -0.384. The van der Waals surface area contributed by atoms with Gasteiger partial charge in [0.2, 0.25) is 5.91 Å². The summed E-state index contributed by atoms with van der Waals surface area (Å²) in [4.78, 5) is 17.2. The van der Waals surface area contributed by atoms with Gasteiger partial charge in [-0.05, 0) is 36.8 Å². The number of nitrogens with one attached hydrogen (secondary N) is 1. The number of carbonyl (C=O) groups excluding carboxylic acids is 1. The van der Waals surface area contributed by atoms with Crippen molar-refractivity contribution in [2.45, 2.75) is 18.9 Å². The first kappa shape index (κ1) is 15.4. The van der Waals surface area contributed by atoms with Gasteiger partial charge in [-0.1, -0.05) is 36.4 Å². The molecule has 25 heavy (non-hydrogen) atoms. The number of ether oxygens (including phenoxy) is 1. The SMILES string of the molecule is C[C@H](NC(=O)C1c2ccccc2Oc2ccccc21)c1ccncc1. The fourth-order valence-electron chi connectivity index (χ4n) is 3.22. The van der Waals surface area contributed by atoms with E-state index >= 15 is 0 Å². The molecule has 0 aliphatic carbocycles. The number of carbonyl (C=O) groups is 1. The number of hydrogen-bond acceptors (Lipinski definition) is 3. The van der Waals surface area contributed by atoms with E-state index in [2.05, 4.69) is 10.3 Å². The quantitative estimate of drug-likeness (QED) is 0.783. The average Bonchev–Trinajstić information content (AvgIpc) is 2.66. The third kappa shape index (κ3) is 2.87. The van der Waals surface area contributed by atoms with Gasteiger partial charge in [0.1, 0.15) is 11.5 Å². The lowest BCUT2D eigenvalue weighted by Crippen LogP contribution is -2.33. The van der Waals surface area contributed by atoms with Crippen molar-refractivity contribution in [3.63, 3.8) is 0 Å². The molecule has 4 rings (SSSR count). The summed E-state index contributed by atoms with van der Waals surface area (Å²) >= 11 is 0. The van der Waals surface area contributed by atoms with Crippen molar-refractivity contribution in [3.8, 4) is 11.5 Å². The Morgan fingerprint density at radius 3 is 2.12 bits per heavy atom. The molecule has 1 atom stereocenters. The molecule has 0 radical (unpaired) electrons. The molecular formula is C21H18N2O2. The summed E-state index contributed by atoms with van der Waals surface area (Å²) in [5, 5.41) is 3.13. The van der Waals surface area contributed by atoms with Gasteiger partial charge in [-0.2, -0.15) is 0 Å². The predicted octanol–water partition coefficient (Wildman–Crippen LogP) is 4.20. The van der Waals surface area contributed by atoms with E-state index in [1.54, 1.807) is 12.4 Å². The van der Waals surface area contributed by atoms with Crippen molar-refractivity contribution < 1.29 is 9.53 Å². The monoisotopic (exact) mass is 330 g/mol. The van der Waals surface area contributed by atoms with Crippen LogP contribution in [0.4, 0.5) is 0 Å². The third-order valence-corrected chi connectivity index (χ3v) is 4.51. The molecule has 1 aliphatic heterocycles. The molecule has 0 spiro atoms. The topological polar surface area (TPSA) is 51.2 Å². The van der Waals surface area contributed by atoms with E-state index in [0.29, 0.717) is 0 Å². The molecule has 3 aromatic rings. The van der Waals surface area contributed by atoms with E-state index in [1.165, 1.54) is 0 Å². The largest absolute Gasteiger partial charge is 0.457 e. The van der Waals surface area contributed by atoms with Crippen LogP contribution in [0.15, 0.2) is 73.1 Å². The van der Waals surface area contributed by atoms with Gasteiger partial charge in [-0.15, -0.1) is 0 Å². The van der Waals surface area contributed by atoms with Crippen LogP contribution in [0.3, 0.4) is 0 Å². The Kier molecular flexibility index (Phi) is 3.94. The van der Waals surface area contributed by atoms with Crippen molar-refractivity contribution in [2.75, 3.05) is 0 Å². The van der Waals surface area contributed by atoms with Crippen LogP contribution >= 0.6 is 0 Å². The van der Waals surface area contributed by atoms with Gasteiger partial charge in [0.15, 0.2) is 0 Å². The van der Waals surface area contributed by atoms with Gasteiger partial charge in [-0.25, -0.2) is 0 Å². The van der Waals surface area contributed by atoms with Crippen molar-refractivity contribution in [1.82, 2.24) is 10.3 Å². The second-order valence-corrected chi connectivity index (χ2v) is 6.12. The summed E-state index contributed by atoms with van der Waals surface area (Å²) in [7, 11) is 0. The Morgan fingerprint density at radius 1 is 0.960 bits per heavy atom. The molecular weight excluding hydrogens is 312 g/mol. The number of fused-ring (bicyclic) bond motifs is 2. The number of pyridine rings is 1. The minimum Gasteiger partial charge on any atom is -0.457 e. The minimum absolute atomic E-state index is 0.0347. The summed E-state index contributed by atoms with van der Waals surface area (Å²) in [6.07, 6.45) is 3.47. The van der Waals surface area contributed by atoms with Crippen molar-refractivity contribution in [1.29, 1.82) is 0 Å². The normalized spacial score (nSPS) is 14.0. The van der Waals surface area contributed by atoms with Crippen molar-refractivity contribution in [3.05, 3.63) is 89.7 Å². The number of rotatable bonds is 3. The molecule has 0 saturated carbocycles. The summed E-state index contributed by atoms with van der Waals surface area (Å²) in [5.74, 6) is 1.05. The zero-order chi connectivity index (χ0) is 17.2. The van der Waals surface area contributed by atoms with E-state index in [1.807, 2.05) is 67.6 Å². The Labute approximate surface area is 146 Å². The first-order chi connectivity index (χ1) is 12.2.